The highest BCUT2D eigenvalue weighted by molar-refractivity contribution is 6.01. The first-order chi connectivity index (χ1) is 11.6. The summed E-state index contributed by atoms with van der Waals surface area (Å²) in [5, 5.41) is 3.49. The number of hydrogen-bond acceptors (Lipinski definition) is 6. The number of imidazole rings is 2. The molecule has 0 radical (unpaired) electrons. The fourth-order valence-electron chi connectivity index (χ4n) is 3.17. The summed E-state index contributed by atoms with van der Waals surface area (Å²) in [5.41, 5.74) is 7.98. The van der Waals surface area contributed by atoms with Crippen LogP contribution in [-0.2, 0) is 13.5 Å². The van der Waals surface area contributed by atoms with Gasteiger partial charge in [-0.15, -0.1) is 0 Å². The normalized spacial score (nSPS) is 17.2. The highest BCUT2D eigenvalue weighted by Gasteiger charge is 2.32. The van der Waals surface area contributed by atoms with Crippen molar-refractivity contribution in [3.63, 3.8) is 0 Å². The van der Waals surface area contributed by atoms with Crippen LogP contribution in [-0.4, -0.2) is 44.2 Å². The van der Waals surface area contributed by atoms with Crippen molar-refractivity contribution in [2.24, 2.45) is 17.8 Å². The molecule has 2 aromatic rings. The number of nitrogens with two attached hydrogens (primary N) is 1. The Morgan fingerprint density at radius 2 is 2.12 bits per heavy atom. The van der Waals surface area contributed by atoms with Crippen molar-refractivity contribution < 1.29 is 0 Å². The van der Waals surface area contributed by atoms with Gasteiger partial charge in [-0.05, 0) is 12.8 Å². The molecular weight excluding hydrogens is 304 g/mol. The van der Waals surface area contributed by atoms with Crippen LogP contribution in [0.3, 0.4) is 0 Å². The van der Waals surface area contributed by atoms with Crippen LogP contribution < -0.4 is 16.0 Å². The Labute approximate surface area is 142 Å². The Bertz CT molecular complexity index is 697. The predicted octanol–water partition coefficient (Wildman–Crippen LogP) is 0.973. The maximum absolute atomic E-state index is 6.11. The molecule has 1 aliphatic rings. The van der Waals surface area contributed by atoms with Gasteiger partial charge in [-0.1, -0.05) is 13.8 Å². The van der Waals surface area contributed by atoms with Crippen molar-refractivity contribution >= 4 is 11.7 Å². The van der Waals surface area contributed by atoms with Crippen LogP contribution in [0, 0.1) is 0 Å². The van der Waals surface area contributed by atoms with E-state index in [1.807, 2.05) is 24.1 Å². The van der Waals surface area contributed by atoms with Gasteiger partial charge < -0.3 is 20.2 Å². The van der Waals surface area contributed by atoms with Gasteiger partial charge in [0, 0.05) is 32.3 Å². The quantitative estimate of drug-likeness (QED) is 0.702. The molecule has 1 unspecified atom stereocenters. The van der Waals surface area contributed by atoms with Crippen molar-refractivity contribution in [1.82, 2.24) is 24.8 Å². The van der Waals surface area contributed by atoms with Gasteiger partial charge in [0.05, 0.1) is 18.3 Å². The molecule has 0 saturated carbocycles. The Kier molecular flexibility index (Phi) is 4.84. The zero-order chi connectivity index (χ0) is 17.1. The molecule has 0 aromatic carbocycles. The van der Waals surface area contributed by atoms with E-state index in [2.05, 4.69) is 44.0 Å². The summed E-state index contributed by atoms with van der Waals surface area (Å²) in [6.07, 6.45) is 8.22. The van der Waals surface area contributed by atoms with Gasteiger partial charge in [-0.3, -0.25) is 5.32 Å². The SMILES string of the molecule is CCC(CC)N1c2nc[nH]c2C(N)=NC1NCCc1cn(C)cn1. The largest absolute Gasteiger partial charge is 0.382 e. The van der Waals surface area contributed by atoms with Crippen LogP contribution in [0.1, 0.15) is 38.1 Å². The number of anilines is 1. The highest BCUT2D eigenvalue weighted by Crippen LogP contribution is 2.27. The fourth-order valence-corrected chi connectivity index (χ4v) is 3.17. The number of nitrogens with one attached hydrogen (secondary N) is 2. The van der Waals surface area contributed by atoms with Crippen molar-refractivity contribution in [2.45, 2.75) is 45.4 Å². The average molecular weight is 330 g/mol. The molecule has 0 bridgehead atoms. The molecular formula is C16H26N8. The monoisotopic (exact) mass is 330 g/mol. The maximum atomic E-state index is 6.11. The number of aryl methyl sites for hydroxylation is 1. The van der Waals surface area contributed by atoms with E-state index in [0.29, 0.717) is 11.9 Å². The summed E-state index contributed by atoms with van der Waals surface area (Å²) in [6.45, 7) is 5.15. The van der Waals surface area contributed by atoms with Gasteiger partial charge in [0.1, 0.15) is 11.5 Å². The van der Waals surface area contributed by atoms with Crippen LogP contribution >= 0.6 is 0 Å². The minimum absolute atomic E-state index is 0.200. The van der Waals surface area contributed by atoms with E-state index < -0.39 is 0 Å². The third-order valence-corrected chi connectivity index (χ3v) is 4.45. The molecule has 0 fully saturated rings. The van der Waals surface area contributed by atoms with E-state index in [9.17, 15) is 0 Å². The van der Waals surface area contributed by atoms with E-state index in [4.69, 9.17) is 5.73 Å². The average Bonchev–Trinajstić information content (AvgIpc) is 3.20. The second-order valence-electron chi connectivity index (χ2n) is 6.10. The topological polar surface area (TPSA) is 100 Å². The number of H-pyrrole nitrogens is 1. The van der Waals surface area contributed by atoms with E-state index in [1.165, 1.54) is 0 Å². The minimum atomic E-state index is -0.200. The maximum Gasteiger partial charge on any atom is 0.180 e. The summed E-state index contributed by atoms with van der Waals surface area (Å²) in [4.78, 5) is 18.8. The molecule has 3 heterocycles. The number of aromatic nitrogens is 4. The molecule has 24 heavy (non-hydrogen) atoms. The summed E-state index contributed by atoms with van der Waals surface area (Å²) in [7, 11) is 1.98. The second kappa shape index (κ2) is 7.04. The van der Waals surface area contributed by atoms with E-state index >= 15 is 0 Å². The van der Waals surface area contributed by atoms with Crippen LogP contribution in [0.15, 0.2) is 23.8 Å². The van der Waals surface area contributed by atoms with Crippen molar-refractivity contribution in [3.05, 3.63) is 30.2 Å². The lowest BCUT2D eigenvalue weighted by Crippen LogP contribution is -2.54. The number of aromatic amines is 1. The van der Waals surface area contributed by atoms with Crippen LogP contribution in [0.4, 0.5) is 5.82 Å². The Morgan fingerprint density at radius 1 is 1.33 bits per heavy atom. The van der Waals surface area contributed by atoms with Gasteiger partial charge in [0.25, 0.3) is 0 Å². The third kappa shape index (κ3) is 3.14. The Morgan fingerprint density at radius 3 is 2.79 bits per heavy atom. The molecule has 1 aliphatic heterocycles. The molecule has 0 spiro atoms. The van der Waals surface area contributed by atoms with Gasteiger partial charge >= 0.3 is 0 Å². The molecule has 0 aliphatic carbocycles. The molecule has 8 heteroatoms. The lowest BCUT2D eigenvalue weighted by atomic mass is 10.1. The van der Waals surface area contributed by atoms with Crippen molar-refractivity contribution in [2.75, 3.05) is 11.4 Å². The number of nitrogens with zero attached hydrogens (tertiary/aromatic N) is 5. The van der Waals surface area contributed by atoms with Gasteiger partial charge in [-0.25, -0.2) is 15.0 Å². The fraction of sp³-hybridized carbons (Fsp3) is 0.562. The third-order valence-electron chi connectivity index (χ3n) is 4.45. The van der Waals surface area contributed by atoms with Gasteiger partial charge in [0.2, 0.25) is 0 Å². The minimum Gasteiger partial charge on any atom is -0.382 e. The number of aliphatic imine (C=N–C) groups is 1. The molecule has 130 valence electrons. The lowest BCUT2D eigenvalue weighted by molar-refractivity contribution is 0.425. The second-order valence-corrected chi connectivity index (χ2v) is 6.10. The summed E-state index contributed by atoms with van der Waals surface area (Å²) < 4.78 is 1.96. The van der Waals surface area contributed by atoms with Gasteiger partial charge in [0.15, 0.2) is 12.1 Å². The van der Waals surface area contributed by atoms with E-state index in [-0.39, 0.29) is 6.29 Å². The summed E-state index contributed by atoms with van der Waals surface area (Å²) in [5.74, 6) is 1.38. The molecule has 1 atom stereocenters. The highest BCUT2D eigenvalue weighted by atomic mass is 15.4. The smallest absolute Gasteiger partial charge is 0.180 e. The number of hydrogen-bond donors (Lipinski definition) is 3. The molecule has 0 saturated heterocycles. The van der Waals surface area contributed by atoms with Crippen LogP contribution in [0.2, 0.25) is 0 Å². The summed E-state index contributed by atoms with van der Waals surface area (Å²) >= 11 is 0. The zero-order valence-corrected chi connectivity index (χ0v) is 14.5. The first kappa shape index (κ1) is 16.5. The number of fused-ring (bicyclic) bond motifs is 1. The van der Waals surface area contributed by atoms with Crippen LogP contribution in [0.5, 0.6) is 0 Å². The molecule has 8 nitrogen and oxygen atoms in total. The van der Waals surface area contributed by atoms with Crippen LogP contribution in [0.25, 0.3) is 0 Å². The standard InChI is InChI=1S/C16H26N8/c1-4-12(5-2)24-15-13(19-9-20-15)14(17)22-16(24)18-7-6-11-8-23(3)10-21-11/h8-10,12,16,18H,4-7H2,1-3H3,(H2,17,22)(H,19,20). The first-order valence-electron chi connectivity index (χ1n) is 8.49. The number of amidine groups is 1. The number of rotatable bonds is 7. The Balaban J connectivity index is 1.75. The van der Waals surface area contributed by atoms with Crippen molar-refractivity contribution in [1.29, 1.82) is 0 Å². The van der Waals surface area contributed by atoms with Gasteiger partial charge in [-0.2, -0.15) is 0 Å². The van der Waals surface area contributed by atoms with E-state index in [0.717, 1.165) is 43.0 Å². The predicted molar refractivity (Wildman–Crippen MR) is 94.9 cm³/mol. The summed E-state index contributed by atoms with van der Waals surface area (Å²) in [6, 6.07) is 0.358. The zero-order valence-electron chi connectivity index (χ0n) is 14.5. The molecule has 3 rings (SSSR count). The Hall–Kier alpha value is -2.35. The molecule has 4 N–H and O–H groups in total. The lowest BCUT2D eigenvalue weighted by Gasteiger charge is -2.39. The molecule has 2 aromatic heterocycles. The van der Waals surface area contributed by atoms with Crippen molar-refractivity contribution in [3.8, 4) is 0 Å². The first-order valence-corrected chi connectivity index (χ1v) is 8.49. The molecule has 0 amide bonds. The van der Waals surface area contributed by atoms with E-state index in [1.54, 1.807) is 6.33 Å².